The summed E-state index contributed by atoms with van der Waals surface area (Å²) in [5, 5.41) is 5.74. The Bertz CT molecular complexity index is 504. The zero-order valence-corrected chi connectivity index (χ0v) is 8.88. The van der Waals surface area contributed by atoms with Crippen molar-refractivity contribution in [2.24, 2.45) is 0 Å². The molecule has 0 aromatic carbocycles. The van der Waals surface area contributed by atoms with E-state index < -0.39 is 0 Å². The number of amides is 1. The molecule has 0 unspecified atom stereocenters. The van der Waals surface area contributed by atoms with Crippen LogP contribution in [0.1, 0.15) is 10.5 Å². The number of rotatable bonds is 3. The minimum absolute atomic E-state index is 0.162. The Morgan fingerprint density at radius 1 is 1.67 bits per heavy atom. The molecule has 2 aromatic rings. The molecule has 2 aromatic heterocycles. The van der Waals surface area contributed by atoms with Gasteiger partial charge in [-0.3, -0.25) is 9.78 Å². The number of nitrogens with one attached hydrogen (secondary N) is 1. The molecule has 1 amide bonds. The fourth-order valence-corrected chi connectivity index (χ4v) is 2.03. The Hall–Kier alpha value is -1.68. The van der Waals surface area contributed by atoms with Crippen molar-refractivity contribution in [2.45, 2.75) is 0 Å². The van der Waals surface area contributed by atoms with Crippen LogP contribution in [0.2, 0.25) is 0 Å². The average Bonchev–Trinajstić information content (AvgIpc) is 2.72. The van der Waals surface area contributed by atoms with E-state index in [4.69, 9.17) is 0 Å². The van der Waals surface area contributed by atoms with Crippen molar-refractivity contribution in [1.29, 1.82) is 0 Å². The summed E-state index contributed by atoms with van der Waals surface area (Å²) >= 11 is 1.60. The molecular weight excluding hydrogens is 208 g/mol. The number of pyridine rings is 1. The average molecular weight is 218 g/mol. The molecule has 0 saturated carbocycles. The lowest BCUT2D eigenvalue weighted by atomic mass is 10.3. The van der Waals surface area contributed by atoms with Gasteiger partial charge in [0.25, 0.3) is 5.91 Å². The summed E-state index contributed by atoms with van der Waals surface area (Å²) in [5.74, 6) is -0.162. The second-order valence-electron chi connectivity index (χ2n) is 3.03. The minimum atomic E-state index is -0.162. The van der Waals surface area contributed by atoms with Gasteiger partial charge in [-0.1, -0.05) is 6.08 Å². The molecule has 2 heterocycles. The summed E-state index contributed by atoms with van der Waals surface area (Å²) in [5.41, 5.74) is 0.451. The predicted molar refractivity (Wildman–Crippen MR) is 62.2 cm³/mol. The zero-order chi connectivity index (χ0) is 10.7. The van der Waals surface area contributed by atoms with Gasteiger partial charge in [0.05, 0.1) is 0 Å². The Morgan fingerprint density at radius 3 is 3.33 bits per heavy atom. The first-order valence-electron chi connectivity index (χ1n) is 4.53. The van der Waals surface area contributed by atoms with Crippen molar-refractivity contribution in [3.8, 4) is 0 Å². The lowest BCUT2D eigenvalue weighted by Crippen LogP contribution is -2.23. The van der Waals surface area contributed by atoms with E-state index in [9.17, 15) is 4.79 Å². The smallest absolute Gasteiger partial charge is 0.270 e. The van der Waals surface area contributed by atoms with Gasteiger partial charge in [-0.15, -0.1) is 17.9 Å². The third-order valence-electron chi connectivity index (χ3n) is 1.98. The normalized spacial score (nSPS) is 10.1. The van der Waals surface area contributed by atoms with Crippen molar-refractivity contribution >= 4 is 27.3 Å². The maximum Gasteiger partial charge on any atom is 0.270 e. The predicted octanol–water partition coefficient (Wildman–Crippen LogP) is 2.21. The van der Waals surface area contributed by atoms with Crippen LogP contribution in [0.25, 0.3) is 10.1 Å². The van der Waals surface area contributed by atoms with E-state index in [1.54, 1.807) is 29.7 Å². The van der Waals surface area contributed by atoms with Gasteiger partial charge < -0.3 is 5.32 Å². The van der Waals surface area contributed by atoms with Crippen molar-refractivity contribution < 1.29 is 4.79 Å². The molecule has 3 nitrogen and oxygen atoms in total. The maximum absolute atomic E-state index is 11.6. The largest absolute Gasteiger partial charge is 0.347 e. The van der Waals surface area contributed by atoms with E-state index in [0.29, 0.717) is 12.2 Å². The summed E-state index contributed by atoms with van der Waals surface area (Å²) in [6, 6.07) is 3.79. The standard InChI is InChI=1S/C11H10N2OS/c1-2-4-12-11(14)9-6-10-8(7-13-9)3-5-15-10/h2-3,5-7H,1,4H2,(H,12,14). The van der Waals surface area contributed by atoms with Crippen molar-refractivity contribution in [3.05, 3.63) is 42.1 Å². The van der Waals surface area contributed by atoms with Gasteiger partial charge in [-0.05, 0) is 17.5 Å². The van der Waals surface area contributed by atoms with Crippen LogP contribution in [-0.4, -0.2) is 17.4 Å². The van der Waals surface area contributed by atoms with E-state index in [1.807, 2.05) is 11.4 Å². The van der Waals surface area contributed by atoms with Crippen molar-refractivity contribution in [3.63, 3.8) is 0 Å². The number of hydrogen-bond acceptors (Lipinski definition) is 3. The molecule has 15 heavy (non-hydrogen) atoms. The first kappa shape index (κ1) is 9.86. The highest BCUT2D eigenvalue weighted by molar-refractivity contribution is 7.17. The van der Waals surface area contributed by atoms with Crippen LogP contribution in [0, 0.1) is 0 Å². The van der Waals surface area contributed by atoms with Gasteiger partial charge in [-0.25, -0.2) is 0 Å². The maximum atomic E-state index is 11.6. The summed E-state index contributed by atoms with van der Waals surface area (Å²) in [6.45, 7) is 4.00. The number of carbonyl (C=O) groups excluding carboxylic acids is 1. The number of fused-ring (bicyclic) bond motifs is 1. The molecular formula is C11H10N2OS. The third kappa shape index (κ3) is 2.05. The first-order valence-corrected chi connectivity index (χ1v) is 5.41. The van der Waals surface area contributed by atoms with Gasteiger partial charge in [-0.2, -0.15) is 0 Å². The Morgan fingerprint density at radius 2 is 2.53 bits per heavy atom. The van der Waals surface area contributed by atoms with E-state index in [0.717, 1.165) is 10.1 Å². The molecule has 1 N–H and O–H groups in total. The molecule has 0 aliphatic rings. The van der Waals surface area contributed by atoms with E-state index >= 15 is 0 Å². The lowest BCUT2D eigenvalue weighted by Gasteiger charge is -2.00. The van der Waals surface area contributed by atoms with Gasteiger partial charge in [0.2, 0.25) is 0 Å². The SMILES string of the molecule is C=CCNC(=O)c1cc2sccc2cn1. The van der Waals surface area contributed by atoms with Gasteiger partial charge in [0.1, 0.15) is 5.69 Å². The molecule has 0 saturated heterocycles. The molecule has 0 atom stereocenters. The Balaban J connectivity index is 2.27. The summed E-state index contributed by atoms with van der Waals surface area (Å²) < 4.78 is 1.08. The molecule has 4 heteroatoms. The molecule has 0 spiro atoms. The molecule has 2 rings (SSSR count). The summed E-state index contributed by atoms with van der Waals surface area (Å²) in [6.07, 6.45) is 3.36. The van der Waals surface area contributed by atoms with Crippen LogP contribution in [-0.2, 0) is 0 Å². The summed E-state index contributed by atoms with van der Waals surface area (Å²) in [7, 11) is 0. The number of nitrogens with zero attached hydrogens (tertiary/aromatic N) is 1. The third-order valence-corrected chi connectivity index (χ3v) is 2.86. The first-order chi connectivity index (χ1) is 7.31. The highest BCUT2D eigenvalue weighted by Gasteiger charge is 2.06. The van der Waals surface area contributed by atoms with E-state index in [2.05, 4.69) is 16.9 Å². The van der Waals surface area contributed by atoms with Gasteiger partial charge >= 0.3 is 0 Å². The number of thiophene rings is 1. The molecule has 0 fully saturated rings. The number of hydrogen-bond donors (Lipinski definition) is 1. The molecule has 0 radical (unpaired) electrons. The zero-order valence-electron chi connectivity index (χ0n) is 8.06. The van der Waals surface area contributed by atoms with Gasteiger partial charge in [0, 0.05) is 22.8 Å². The van der Waals surface area contributed by atoms with Gasteiger partial charge in [0.15, 0.2) is 0 Å². The van der Waals surface area contributed by atoms with Crippen LogP contribution in [0.5, 0.6) is 0 Å². The van der Waals surface area contributed by atoms with Crippen molar-refractivity contribution in [1.82, 2.24) is 10.3 Å². The summed E-state index contributed by atoms with van der Waals surface area (Å²) in [4.78, 5) is 15.6. The second kappa shape index (κ2) is 4.23. The molecule has 76 valence electrons. The quantitative estimate of drug-likeness (QED) is 0.802. The molecule has 0 bridgehead atoms. The minimum Gasteiger partial charge on any atom is -0.347 e. The van der Waals surface area contributed by atoms with Crippen molar-refractivity contribution in [2.75, 3.05) is 6.54 Å². The van der Waals surface area contributed by atoms with Crippen LogP contribution >= 0.6 is 11.3 Å². The van der Waals surface area contributed by atoms with E-state index in [-0.39, 0.29) is 5.91 Å². The molecule has 0 aliphatic heterocycles. The highest BCUT2D eigenvalue weighted by Crippen LogP contribution is 2.20. The van der Waals surface area contributed by atoms with Crippen LogP contribution < -0.4 is 5.32 Å². The Kier molecular flexibility index (Phi) is 2.78. The number of aromatic nitrogens is 1. The fraction of sp³-hybridized carbons (Fsp3) is 0.0909. The second-order valence-corrected chi connectivity index (χ2v) is 3.97. The fourth-order valence-electron chi connectivity index (χ4n) is 1.23. The topological polar surface area (TPSA) is 42.0 Å². The lowest BCUT2D eigenvalue weighted by molar-refractivity contribution is 0.0953. The molecule has 0 aliphatic carbocycles. The van der Waals surface area contributed by atoms with E-state index in [1.165, 1.54) is 0 Å². The van der Waals surface area contributed by atoms with Crippen LogP contribution in [0.4, 0.5) is 0 Å². The Labute approximate surface area is 91.5 Å². The number of carbonyl (C=O) groups is 1. The van der Waals surface area contributed by atoms with Crippen LogP contribution in [0.3, 0.4) is 0 Å². The highest BCUT2D eigenvalue weighted by atomic mass is 32.1. The van der Waals surface area contributed by atoms with Crippen LogP contribution in [0.15, 0.2) is 36.4 Å². The monoisotopic (exact) mass is 218 g/mol.